The lowest BCUT2D eigenvalue weighted by atomic mass is 10.1. The fourth-order valence-electron chi connectivity index (χ4n) is 4.23. The van der Waals surface area contributed by atoms with Crippen LogP contribution in [0.4, 0.5) is 0 Å². The van der Waals surface area contributed by atoms with E-state index in [1.807, 2.05) is 6.08 Å². The summed E-state index contributed by atoms with van der Waals surface area (Å²) < 4.78 is 5.12. The normalized spacial score (nSPS) is 33.4. The highest BCUT2D eigenvalue weighted by molar-refractivity contribution is 6.27. The van der Waals surface area contributed by atoms with Gasteiger partial charge in [-0.3, -0.25) is 14.5 Å². The van der Waals surface area contributed by atoms with Crippen LogP contribution in [0.5, 0.6) is 0 Å². The van der Waals surface area contributed by atoms with E-state index in [9.17, 15) is 14.4 Å². The lowest BCUT2D eigenvalue weighted by Gasteiger charge is -2.25. The second-order valence-electron chi connectivity index (χ2n) is 7.54. The van der Waals surface area contributed by atoms with Crippen molar-refractivity contribution in [3.63, 3.8) is 0 Å². The van der Waals surface area contributed by atoms with Crippen molar-refractivity contribution in [2.24, 2.45) is 5.92 Å². The number of esters is 1. The fourth-order valence-corrected chi connectivity index (χ4v) is 4.23. The topological polar surface area (TPSA) is 75.7 Å². The highest BCUT2D eigenvalue weighted by Gasteiger charge is 2.71. The summed E-state index contributed by atoms with van der Waals surface area (Å²) in [4.78, 5) is 40.1. The lowest BCUT2D eigenvalue weighted by molar-refractivity contribution is -0.150. The number of Topliss-reactive ketones (excluding diaryl/α,β-unsaturated/α-hetero) is 1. The molecule has 0 spiro atoms. The molecule has 1 saturated heterocycles. The first-order chi connectivity index (χ1) is 12.6. The third-order valence-corrected chi connectivity index (χ3v) is 5.78. The number of hydrogen-bond acceptors (Lipinski definition) is 5. The van der Waals surface area contributed by atoms with Crippen molar-refractivity contribution in [1.82, 2.24) is 10.2 Å². The van der Waals surface area contributed by atoms with Crippen molar-refractivity contribution in [2.45, 2.75) is 69.9 Å². The van der Waals surface area contributed by atoms with Crippen LogP contribution in [-0.4, -0.2) is 53.8 Å². The number of nitrogens with zero attached hydrogens (tertiary/aromatic N) is 1. The molecule has 0 aromatic carbocycles. The van der Waals surface area contributed by atoms with E-state index < -0.39 is 17.4 Å². The summed E-state index contributed by atoms with van der Waals surface area (Å²) in [6, 6.07) is -0.246. The molecule has 2 heterocycles. The number of allylic oxidation sites excluding steroid dienone is 1. The maximum absolute atomic E-state index is 12.9. The average molecular weight is 362 g/mol. The van der Waals surface area contributed by atoms with Gasteiger partial charge in [-0.15, -0.1) is 0 Å². The lowest BCUT2D eigenvalue weighted by Crippen LogP contribution is -2.53. The molecule has 26 heavy (non-hydrogen) atoms. The minimum atomic E-state index is -1.50. The van der Waals surface area contributed by atoms with Crippen LogP contribution in [0.2, 0.25) is 0 Å². The Bertz CT molecular complexity index is 588. The summed E-state index contributed by atoms with van der Waals surface area (Å²) in [6.07, 6.45) is 12.1. The van der Waals surface area contributed by atoms with Gasteiger partial charge in [-0.05, 0) is 52.1 Å². The molecule has 1 aliphatic carbocycles. The van der Waals surface area contributed by atoms with Crippen LogP contribution < -0.4 is 5.32 Å². The smallest absolute Gasteiger partial charge is 0.340 e. The van der Waals surface area contributed by atoms with Gasteiger partial charge in [-0.1, -0.05) is 31.4 Å². The molecule has 3 rings (SSSR count). The monoisotopic (exact) mass is 362 g/mol. The van der Waals surface area contributed by atoms with Crippen LogP contribution in [0.3, 0.4) is 0 Å². The molecule has 0 aromatic rings. The molecule has 3 aliphatic rings. The van der Waals surface area contributed by atoms with Gasteiger partial charge in [0.25, 0.3) is 0 Å². The van der Waals surface area contributed by atoms with Gasteiger partial charge in [-0.25, -0.2) is 4.79 Å². The molecular formula is C20H30N2O4. The standard InChI is InChI=1S/C20H30N2O4/c1-2-26-19(25)20-15(17(20)23)11-8-6-4-3-5-7-9-13-22-14-10-12-16(22)18(24)21-20/h8,11,15-16H,2-7,9-10,12-14H2,1H3,(H,21,24). The average Bonchev–Trinajstić information content (AvgIpc) is 2.96. The highest BCUT2D eigenvalue weighted by Crippen LogP contribution is 2.42. The minimum absolute atomic E-state index is 0.190. The van der Waals surface area contributed by atoms with Crippen LogP contribution in [0, 0.1) is 5.92 Å². The Kier molecular flexibility index (Phi) is 6.12. The van der Waals surface area contributed by atoms with Gasteiger partial charge >= 0.3 is 5.97 Å². The fraction of sp³-hybridized carbons (Fsp3) is 0.750. The summed E-state index contributed by atoms with van der Waals surface area (Å²) in [5.74, 6) is -1.68. The van der Waals surface area contributed by atoms with E-state index in [0.717, 1.165) is 45.2 Å². The summed E-state index contributed by atoms with van der Waals surface area (Å²) in [7, 11) is 0. The van der Waals surface area contributed by atoms with E-state index in [4.69, 9.17) is 4.74 Å². The number of ether oxygens (including phenoxy) is 1. The molecule has 1 amide bonds. The van der Waals surface area contributed by atoms with Crippen LogP contribution in [0.25, 0.3) is 0 Å². The van der Waals surface area contributed by atoms with Crippen LogP contribution in [-0.2, 0) is 19.1 Å². The van der Waals surface area contributed by atoms with Crippen LogP contribution in [0.15, 0.2) is 12.2 Å². The van der Waals surface area contributed by atoms with Crippen LogP contribution in [0.1, 0.15) is 58.3 Å². The van der Waals surface area contributed by atoms with E-state index >= 15 is 0 Å². The highest BCUT2D eigenvalue weighted by atomic mass is 16.5. The molecular weight excluding hydrogens is 332 g/mol. The Morgan fingerprint density at radius 1 is 1.19 bits per heavy atom. The Morgan fingerprint density at radius 3 is 2.73 bits per heavy atom. The Balaban J connectivity index is 1.80. The van der Waals surface area contributed by atoms with Crippen molar-refractivity contribution in [2.75, 3.05) is 19.7 Å². The zero-order valence-corrected chi connectivity index (χ0v) is 15.7. The molecule has 0 radical (unpaired) electrons. The zero-order valence-electron chi connectivity index (χ0n) is 15.7. The van der Waals surface area contributed by atoms with E-state index in [-0.39, 0.29) is 24.3 Å². The van der Waals surface area contributed by atoms with Gasteiger partial charge in [0.2, 0.25) is 11.4 Å². The molecule has 0 aromatic heterocycles. The maximum Gasteiger partial charge on any atom is 0.340 e. The number of amides is 1. The predicted octanol–water partition coefficient (Wildman–Crippen LogP) is 1.98. The first-order valence-corrected chi connectivity index (χ1v) is 10.1. The van der Waals surface area contributed by atoms with Crippen molar-refractivity contribution < 1.29 is 19.1 Å². The maximum atomic E-state index is 12.9. The third-order valence-electron chi connectivity index (χ3n) is 5.78. The quantitative estimate of drug-likeness (QED) is 0.462. The first kappa shape index (κ1) is 19.1. The molecule has 3 atom stereocenters. The largest absolute Gasteiger partial charge is 0.464 e. The van der Waals surface area contributed by atoms with Crippen molar-refractivity contribution in [1.29, 1.82) is 0 Å². The van der Waals surface area contributed by atoms with Gasteiger partial charge in [0.15, 0.2) is 5.78 Å². The van der Waals surface area contributed by atoms with Gasteiger partial charge < -0.3 is 10.1 Å². The Hall–Kier alpha value is -1.69. The Labute approximate surface area is 155 Å². The number of rotatable bonds is 2. The van der Waals surface area contributed by atoms with E-state index in [0.29, 0.717) is 0 Å². The summed E-state index contributed by atoms with van der Waals surface area (Å²) in [6.45, 7) is 3.71. The molecule has 6 heteroatoms. The number of ketones is 1. The SMILES string of the molecule is CCOC(=O)C12NC(=O)C3CCCN3CCCCCCCC=CC1C2=O. The molecule has 2 fully saturated rings. The summed E-state index contributed by atoms with van der Waals surface area (Å²) in [5.41, 5.74) is -1.50. The zero-order chi connectivity index (χ0) is 18.6. The molecule has 1 saturated carbocycles. The molecule has 6 nitrogen and oxygen atoms in total. The Morgan fingerprint density at radius 2 is 1.92 bits per heavy atom. The van der Waals surface area contributed by atoms with Crippen molar-refractivity contribution in [3.05, 3.63) is 12.2 Å². The van der Waals surface area contributed by atoms with E-state index in [1.54, 1.807) is 13.0 Å². The number of hydrogen-bond donors (Lipinski definition) is 1. The third kappa shape index (κ3) is 3.70. The number of carbonyl (C=O) groups is 3. The van der Waals surface area contributed by atoms with Gasteiger partial charge in [0.05, 0.1) is 18.6 Å². The van der Waals surface area contributed by atoms with Crippen molar-refractivity contribution in [3.8, 4) is 0 Å². The van der Waals surface area contributed by atoms with Gasteiger partial charge in [0, 0.05) is 0 Å². The van der Waals surface area contributed by atoms with Gasteiger partial charge in [0.1, 0.15) is 0 Å². The first-order valence-electron chi connectivity index (χ1n) is 10.1. The molecule has 2 aliphatic heterocycles. The minimum Gasteiger partial charge on any atom is -0.464 e. The summed E-state index contributed by atoms with van der Waals surface area (Å²) >= 11 is 0. The molecule has 1 N–H and O–H groups in total. The van der Waals surface area contributed by atoms with E-state index in [1.165, 1.54) is 19.3 Å². The molecule has 144 valence electrons. The molecule has 0 bridgehead atoms. The van der Waals surface area contributed by atoms with Crippen LogP contribution >= 0.6 is 0 Å². The van der Waals surface area contributed by atoms with E-state index in [2.05, 4.69) is 10.2 Å². The van der Waals surface area contributed by atoms with Gasteiger partial charge in [-0.2, -0.15) is 0 Å². The molecule has 3 unspecified atom stereocenters. The second kappa shape index (κ2) is 8.33. The van der Waals surface area contributed by atoms with Crippen molar-refractivity contribution >= 4 is 17.7 Å². The second-order valence-corrected chi connectivity index (χ2v) is 7.54. The summed E-state index contributed by atoms with van der Waals surface area (Å²) in [5, 5.41) is 2.79. The number of carbonyl (C=O) groups excluding carboxylic acids is 3. The number of fused-ring (bicyclic) bond motifs is 2. The predicted molar refractivity (Wildman–Crippen MR) is 97.4 cm³/mol. The number of nitrogens with one attached hydrogen (secondary N) is 1.